The second kappa shape index (κ2) is 4.95. The number of hydrogen-bond donors (Lipinski definition) is 1. The Morgan fingerprint density at radius 2 is 2.00 bits per heavy atom. The molecule has 1 aromatic rings. The van der Waals surface area contributed by atoms with Gasteiger partial charge >= 0.3 is 0 Å². The summed E-state index contributed by atoms with van der Waals surface area (Å²) in [5.74, 6) is 0.0802. The van der Waals surface area contributed by atoms with Gasteiger partial charge in [0.05, 0.1) is 11.4 Å². The average Bonchev–Trinajstić information content (AvgIpc) is 2.34. The molecule has 0 saturated carbocycles. The van der Waals surface area contributed by atoms with E-state index in [-0.39, 0.29) is 18.8 Å². The van der Waals surface area contributed by atoms with E-state index in [9.17, 15) is 13.5 Å². The second-order valence-corrected chi connectivity index (χ2v) is 6.86. The van der Waals surface area contributed by atoms with Gasteiger partial charge in [-0.1, -0.05) is 6.92 Å². The number of pyridine rings is 1. The van der Waals surface area contributed by atoms with Crippen molar-refractivity contribution in [3.63, 3.8) is 0 Å². The monoisotopic (exact) mass is 270 g/mol. The van der Waals surface area contributed by atoms with E-state index in [2.05, 4.69) is 4.98 Å². The highest BCUT2D eigenvalue weighted by atomic mass is 32.2. The van der Waals surface area contributed by atoms with Crippen LogP contribution in [0.3, 0.4) is 0 Å². The van der Waals surface area contributed by atoms with E-state index in [4.69, 9.17) is 0 Å². The average molecular weight is 270 g/mol. The molecule has 0 unspecified atom stereocenters. The van der Waals surface area contributed by atoms with Crippen molar-refractivity contribution >= 4 is 10.0 Å². The first-order chi connectivity index (χ1) is 8.45. The van der Waals surface area contributed by atoms with Gasteiger partial charge in [0.2, 0.25) is 10.0 Å². The predicted molar refractivity (Wildman–Crippen MR) is 68.5 cm³/mol. The summed E-state index contributed by atoms with van der Waals surface area (Å²) in [5.41, 5.74) is 0.142. The van der Waals surface area contributed by atoms with Crippen LogP contribution in [0.1, 0.15) is 18.9 Å². The fourth-order valence-corrected chi connectivity index (χ4v) is 3.58. The first-order valence-electron chi connectivity index (χ1n) is 6.04. The highest BCUT2D eigenvalue weighted by molar-refractivity contribution is 7.89. The number of aliphatic hydroxyl groups is 1. The molecule has 100 valence electrons. The van der Waals surface area contributed by atoms with Crippen molar-refractivity contribution in [2.75, 3.05) is 18.8 Å². The molecule has 1 fully saturated rings. The van der Waals surface area contributed by atoms with Gasteiger partial charge in [-0.05, 0) is 30.5 Å². The Morgan fingerprint density at radius 1 is 1.39 bits per heavy atom. The van der Waals surface area contributed by atoms with Gasteiger partial charge in [-0.3, -0.25) is 4.98 Å². The van der Waals surface area contributed by atoms with Crippen molar-refractivity contribution in [3.8, 4) is 0 Å². The van der Waals surface area contributed by atoms with Crippen LogP contribution in [0.15, 0.2) is 24.5 Å². The summed E-state index contributed by atoms with van der Waals surface area (Å²) in [7, 11) is -3.25. The van der Waals surface area contributed by atoms with Crippen LogP contribution in [0, 0.1) is 0 Å². The van der Waals surface area contributed by atoms with E-state index >= 15 is 0 Å². The van der Waals surface area contributed by atoms with Crippen LogP contribution < -0.4 is 0 Å². The maximum atomic E-state index is 12.0. The zero-order valence-corrected chi connectivity index (χ0v) is 11.2. The lowest BCUT2D eigenvalue weighted by molar-refractivity contribution is -0.0613. The van der Waals surface area contributed by atoms with E-state index < -0.39 is 15.6 Å². The minimum Gasteiger partial charge on any atom is -0.387 e. The molecule has 2 heterocycles. The van der Waals surface area contributed by atoms with E-state index in [1.807, 2.05) is 19.1 Å². The van der Waals surface area contributed by atoms with Gasteiger partial charge < -0.3 is 5.11 Å². The lowest BCUT2D eigenvalue weighted by Gasteiger charge is -2.44. The Balaban J connectivity index is 1.90. The first-order valence-corrected chi connectivity index (χ1v) is 7.65. The van der Waals surface area contributed by atoms with E-state index in [1.165, 1.54) is 4.31 Å². The zero-order chi connectivity index (χ0) is 13.2. The highest BCUT2D eigenvalue weighted by Gasteiger charge is 2.45. The summed E-state index contributed by atoms with van der Waals surface area (Å²) < 4.78 is 25.3. The van der Waals surface area contributed by atoms with Gasteiger partial charge in [0.25, 0.3) is 0 Å². The number of aromatic nitrogens is 1. The molecule has 0 radical (unpaired) electrons. The molecule has 1 saturated heterocycles. The van der Waals surface area contributed by atoms with Crippen LogP contribution in [-0.2, 0) is 16.4 Å². The molecule has 0 amide bonds. The molecule has 2 rings (SSSR count). The lowest BCUT2D eigenvalue weighted by Crippen LogP contribution is -2.63. The molecule has 1 aliphatic rings. The van der Waals surface area contributed by atoms with Gasteiger partial charge in [0.15, 0.2) is 0 Å². The standard InChI is InChI=1S/C12H18N2O3S/c1-2-12(15)9-14(10-12)18(16,17)8-5-11-3-6-13-7-4-11/h3-4,6-7,15H,2,5,8-10H2,1H3. The third-order valence-corrected chi connectivity index (χ3v) is 5.16. The van der Waals surface area contributed by atoms with Crippen LogP contribution in [0.4, 0.5) is 0 Å². The third-order valence-electron chi connectivity index (χ3n) is 3.39. The third kappa shape index (κ3) is 2.88. The summed E-state index contributed by atoms with van der Waals surface area (Å²) in [5, 5.41) is 9.82. The van der Waals surface area contributed by atoms with Crippen molar-refractivity contribution in [2.24, 2.45) is 0 Å². The Bertz CT molecular complexity index is 495. The summed E-state index contributed by atoms with van der Waals surface area (Å²) in [6.45, 7) is 2.31. The largest absolute Gasteiger partial charge is 0.387 e. The number of hydrogen-bond acceptors (Lipinski definition) is 4. The maximum Gasteiger partial charge on any atom is 0.214 e. The molecular weight excluding hydrogens is 252 g/mol. The smallest absolute Gasteiger partial charge is 0.214 e. The van der Waals surface area contributed by atoms with Crippen LogP contribution >= 0.6 is 0 Å². The molecule has 1 N–H and O–H groups in total. The van der Waals surface area contributed by atoms with Gasteiger partial charge in [0.1, 0.15) is 0 Å². The summed E-state index contributed by atoms with van der Waals surface area (Å²) in [4.78, 5) is 3.89. The molecule has 0 atom stereocenters. The Labute approximate surface area is 108 Å². The maximum absolute atomic E-state index is 12.0. The quantitative estimate of drug-likeness (QED) is 0.841. The Hall–Kier alpha value is -0.980. The molecule has 0 aliphatic carbocycles. The minimum absolute atomic E-state index is 0.0802. The van der Waals surface area contributed by atoms with Crippen LogP contribution in [-0.4, -0.2) is 47.3 Å². The molecule has 5 nitrogen and oxygen atoms in total. The Morgan fingerprint density at radius 3 is 2.56 bits per heavy atom. The van der Waals surface area contributed by atoms with E-state index in [0.717, 1.165) is 5.56 Å². The van der Waals surface area contributed by atoms with Crippen molar-refractivity contribution in [2.45, 2.75) is 25.4 Å². The molecule has 18 heavy (non-hydrogen) atoms. The second-order valence-electron chi connectivity index (χ2n) is 4.77. The van der Waals surface area contributed by atoms with Gasteiger partial charge in [-0.25, -0.2) is 8.42 Å². The van der Waals surface area contributed by atoms with Crippen molar-refractivity contribution in [1.29, 1.82) is 0 Å². The molecular formula is C12H18N2O3S. The van der Waals surface area contributed by atoms with Crippen LogP contribution in [0.25, 0.3) is 0 Å². The van der Waals surface area contributed by atoms with Gasteiger partial charge in [-0.15, -0.1) is 0 Å². The van der Waals surface area contributed by atoms with Crippen molar-refractivity contribution in [3.05, 3.63) is 30.1 Å². The summed E-state index contributed by atoms with van der Waals surface area (Å²) in [6.07, 6.45) is 4.37. The molecule has 0 aromatic carbocycles. The summed E-state index contributed by atoms with van der Waals surface area (Å²) >= 11 is 0. The zero-order valence-electron chi connectivity index (χ0n) is 10.4. The fourth-order valence-electron chi connectivity index (χ4n) is 1.96. The molecule has 0 bridgehead atoms. The van der Waals surface area contributed by atoms with E-state index in [0.29, 0.717) is 12.8 Å². The number of sulfonamides is 1. The lowest BCUT2D eigenvalue weighted by atomic mass is 9.94. The van der Waals surface area contributed by atoms with Crippen LogP contribution in [0.2, 0.25) is 0 Å². The first kappa shape index (κ1) is 13.5. The Kier molecular flexibility index (Phi) is 3.70. The predicted octanol–water partition coefficient (Wildman–Crippen LogP) is 0.411. The van der Waals surface area contributed by atoms with Crippen LogP contribution in [0.5, 0.6) is 0 Å². The van der Waals surface area contributed by atoms with Crippen molar-refractivity contribution in [1.82, 2.24) is 9.29 Å². The topological polar surface area (TPSA) is 70.5 Å². The number of β-amino-alcohol motifs (C(OH)–C–C–N with tert-alkyl or cyclic N) is 1. The molecule has 6 heteroatoms. The molecule has 1 aliphatic heterocycles. The normalized spacial score (nSPS) is 19.4. The number of nitrogens with zero attached hydrogens (tertiary/aromatic N) is 2. The fraction of sp³-hybridized carbons (Fsp3) is 0.583. The van der Waals surface area contributed by atoms with Gasteiger partial charge in [0, 0.05) is 25.5 Å². The number of aryl methyl sites for hydroxylation is 1. The van der Waals surface area contributed by atoms with E-state index in [1.54, 1.807) is 12.4 Å². The van der Waals surface area contributed by atoms with Crippen molar-refractivity contribution < 1.29 is 13.5 Å². The highest BCUT2D eigenvalue weighted by Crippen LogP contribution is 2.27. The number of rotatable bonds is 5. The van der Waals surface area contributed by atoms with Gasteiger partial charge in [-0.2, -0.15) is 4.31 Å². The molecule has 1 aromatic heterocycles. The molecule has 0 spiro atoms. The summed E-state index contributed by atoms with van der Waals surface area (Å²) in [6, 6.07) is 3.63. The minimum atomic E-state index is -3.25. The SMILES string of the molecule is CCC1(O)CN(S(=O)(=O)CCc2ccncc2)C1.